The maximum atomic E-state index is 14.3. The molecule has 3 aromatic rings. The number of Topliss-reactive ketones (excluding diaryl/α,β-unsaturated/α-hetero) is 1. The van der Waals surface area contributed by atoms with E-state index < -0.39 is 28.7 Å². The summed E-state index contributed by atoms with van der Waals surface area (Å²) in [6.07, 6.45) is 0. The maximum absolute atomic E-state index is 14.3. The van der Waals surface area contributed by atoms with Gasteiger partial charge in [-0.1, -0.05) is 91.0 Å². The molecule has 1 atom stereocenters. The number of rotatable bonds is 5. The second kappa shape index (κ2) is 7.55. The number of esters is 2. The monoisotopic (exact) mass is 438 g/mol. The van der Waals surface area contributed by atoms with E-state index in [1.807, 2.05) is 91.0 Å². The molecule has 33 heavy (non-hydrogen) atoms. The van der Waals surface area contributed by atoms with Gasteiger partial charge in [0.15, 0.2) is 5.78 Å². The zero-order valence-corrected chi connectivity index (χ0v) is 18.3. The summed E-state index contributed by atoms with van der Waals surface area (Å²) in [5.74, 6) is -2.05. The Morgan fingerprint density at radius 3 is 1.45 bits per heavy atom. The number of ketones is 1. The summed E-state index contributed by atoms with van der Waals surface area (Å²) >= 11 is 0. The molecular weight excluding hydrogens is 416 g/mol. The summed E-state index contributed by atoms with van der Waals surface area (Å²) < 4.78 is 10.2. The molecule has 2 aliphatic rings. The van der Waals surface area contributed by atoms with Crippen LogP contribution in [0.2, 0.25) is 0 Å². The normalized spacial score (nSPS) is 19.6. The van der Waals surface area contributed by atoms with Crippen molar-refractivity contribution in [3.63, 3.8) is 0 Å². The molecule has 5 nitrogen and oxygen atoms in total. The molecule has 1 spiro atoms. The summed E-state index contributed by atoms with van der Waals surface area (Å²) in [5.41, 5.74) is 0.126. The van der Waals surface area contributed by atoms with Crippen LogP contribution < -0.4 is 0 Å². The van der Waals surface area contributed by atoms with Gasteiger partial charge in [0.05, 0.1) is 42.1 Å². The smallest absolute Gasteiger partial charge is 0.335 e. The zero-order valence-electron chi connectivity index (χ0n) is 18.3. The third-order valence-corrected chi connectivity index (χ3v) is 6.96. The van der Waals surface area contributed by atoms with E-state index >= 15 is 0 Å². The first-order chi connectivity index (χ1) is 16.1. The van der Waals surface area contributed by atoms with Crippen LogP contribution in [0.25, 0.3) is 0 Å². The number of ether oxygens (including phenoxy) is 2. The van der Waals surface area contributed by atoms with Crippen LogP contribution in [-0.2, 0) is 29.3 Å². The second-order valence-electron chi connectivity index (χ2n) is 8.23. The fourth-order valence-corrected chi connectivity index (χ4v) is 5.77. The molecule has 0 radical (unpaired) electrons. The highest BCUT2D eigenvalue weighted by Crippen LogP contribution is 2.80. The standard InChI is InChI=1S/C28H22O5/c1-32-25(30)22-23(26(31)33-2)28(22)21(18-12-6-3-7-13-18)24(29)27(28,19-14-8-4-9-15-19)20-16-10-5-11-17-20/h3-17,21H,1-2H3. The molecule has 0 amide bonds. The number of benzene rings is 3. The minimum Gasteiger partial charge on any atom is -0.466 e. The minimum absolute atomic E-state index is 0.0774. The van der Waals surface area contributed by atoms with Crippen LogP contribution in [0.1, 0.15) is 22.6 Å². The first kappa shape index (κ1) is 20.9. The molecule has 0 N–H and O–H groups in total. The minimum atomic E-state index is -1.26. The maximum Gasteiger partial charge on any atom is 0.335 e. The highest BCUT2D eigenvalue weighted by atomic mass is 16.5. The van der Waals surface area contributed by atoms with Gasteiger partial charge in [0.1, 0.15) is 0 Å². The van der Waals surface area contributed by atoms with Crippen LogP contribution >= 0.6 is 0 Å². The molecule has 5 rings (SSSR count). The average molecular weight is 438 g/mol. The van der Waals surface area contributed by atoms with E-state index in [-0.39, 0.29) is 16.9 Å². The van der Waals surface area contributed by atoms with Crippen molar-refractivity contribution >= 4 is 17.7 Å². The van der Waals surface area contributed by atoms with E-state index in [1.165, 1.54) is 14.2 Å². The molecule has 2 aliphatic carbocycles. The van der Waals surface area contributed by atoms with Crippen LogP contribution in [0.3, 0.4) is 0 Å². The van der Waals surface area contributed by atoms with Gasteiger partial charge >= 0.3 is 11.9 Å². The van der Waals surface area contributed by atoms with E-state index in [4.69, 9.17) is 9.47 Å². The predicted molar refractivity (Wildman–Crippen MR) is 121 cm³/mol. The lowest BCUT2D eigenvalue weighted by Gasteiger charge is -2.56. The lowest BCUT2D eigenvalue weighted by Crippen LogP contribution is -2.65. The van der Waals surface area contributed by atoms with E-state index in [0.717, 1.165) is 5.56 Å². The van der Waals surface area contributed by atoms with Gasteiger partial charge in [-0.3, -0.25) is 4.79 Å². The van der Waals surface area contributed by atoms with Gasteiger partial charge in [0.25, 0.3) is 0 Å². The van der Waals surface area contributed by atoms with Crippen molar-refractivity contribution in [2.75, 3.05) is 14.2 Å². The zero-order chi connectivity index (χ0) is 23.2. The summed E-state index contributed by atoms with van der Waals surface area (Å²) in [7, 11) is 2.56. The van der Waals surface area contributed by atoms with E-state index in [1.54, 1.807) is 0 Å². The lowest BCUT2D eigenvalue weighted by atomic mass is 9.41. The predicted octanol–water partition coefficient (Wildman–Crippen LogP) is 3.98. The third kappa shape index (κ3) is 2.50. The Morgan fingerprint density at radius 2 is 1.06 bits per heavy atom. The Labute approximate surface area is 191 Å². The van der Waals surface area contributed by atoms with Crippen LogP contribution in [0.15, 0.2) is 102 Å². The van der Waals surface area contributed by atoms with Crippen molar-refractivity contribution in [3.8, 4) is 0 Å². The molecule has 0 saturated heterocycles. The highest BCUT2D eigenvalue weighted by Gasteiger charge is 2.86. The van der Waals surface area contributed by atoms with Gasteiger partial charge < -0.3 is 9.47 Å². The largest absolute Gasteiger partial charge is 0.466 e. The van der Waals surface area contributed by atoms with Crippen LogP contribution in [0.5, 0.6) is 0 Å². The molecule has 0 aromatic heterocycles. The van der Waals surface area contributed by atoms with Crippen molar-refractivity contribution in [2.24, 2.45) is 5.41 Å². The first-order valence-electron chi connectivity index (χ1n) is 10.7. The second-order valence-corrected chi connectivity index (χ2v) is 8.23. The molecule has 0 heterocycles. The van der Waals surface area contributed by atoms with Crippen molar-refractivity contribution < 1.29 is 23.9 Å². The molecule has 0 bridgehead atoms. The van der Waals surface area contributed by atoms with Crippen molar-refractivity contribution in [1.29, 1.82) is 0 Å². The van der Waals surface area contributed by atoms with E-state index in [2.05, 4.69) is 0 Å². The molecule has 5 heteroatoms. The fourth-order valence-electron chi connectivity index (χ4n) is 5.77. The first-order valence-corrected chi connectivity index (χ1v) is 10.7. The highest BCUT2D eigenvalue weighted by molar-refractivity contribution is 6.24. The molecule has 1 fully saturated rings. The third-order valence-electron chi connectivity index (χ3n) is 6.96. The molecule has 1 unspecified atom stereocenters. The number of hydrogen-bond donors (Lipinski definition) is 0. The summed E-state index contributed by atoms with van der Waals surface area (Å²) in [4.78, 5) is 40.4. The topological polar surface area (TPSA) is 69.7 Å². The van der Waals surface area contributed by atoms with Gasteiger partial charge in [-0.15, -0.1) is 0 Å². The van der Waals surface area contributed by atoms with Gasteiger partial charge in [0, 0.05) is 0 Å². The molecule has 3 aromatic carbocycles. The van der Waals surface area contributed by atoms with Gasteiger partial charge in [0.2, 0.25) is 0 Å². The average Bonchev–Trinajstić information content (AvgIpc) is 3.57. The van der Waals surface area contributed by atoms with Gasteiger partial charge in [-0.25, -0.2) is 9.59 Å². The molecule has 0 aliphatic heterocycles. The van der Waals surface area contributed by atoms with Crippen molar-refractivity contribution in [2.45, 2.75) is 11.3 Å². The van der Waals surface area contributed by atoms with E-state index in [9.17, 15) is 14.4 Å². The van der Waals surface area contributed by atoms with Crippen molar-refractivity contribution in [1.82, 2.24) is 0 Å². The Kier molecular flexibility index (Phi) is 4.78. The Morgan fingerprint density at radius 1 is 0.667 bits per heavy atom. The summed E-state index contributed by atoms with van der Waals surface area (Å²) in [5, 5.41) is 0. The SMILES string of the molecule is COC(=O)C1=C(C(=O)OC)C12C(c1ccccc1)C(=O)C2(c1ccccc1)c1ccccc1. The molecular formula is C28H22O5. The number of carbonyl (C=O) groups excluding carboxylic acids is 3. The van der Waals surface area contributed by atoms with Gasteiger partial charge in [-0.05, 0) is 16.7 Å². The Bertz CT molecular complexity index is 1210. The quantitative estimate of drug-likeness (QED) is 0.564. The number of hydrogen-bond acceptors (Lipinski definition) is 5. The van der Waals surface area contributed by atoms with Gasteiger partial charge in [-0.2, -0.15) is 0 Å². The fraction of sp³-hybridized carbons (Fsp3) is 0.179. The van der Waals surface area contributed by atoms with Crippen LogP contribution in [0, 0.1) is 5.41 Å². The number of methoxy groups -OCH3 is 2. The molecule has 1 saturated carbocycles. The van der Waals surface area contributed by atoms with Crippen LogP contribution in [0.4, 0.5) is 0 Å². The van der Waals surface area contributed by atoms with E-state index in [0.29, 0.717) is 11.1 Å². The molecule has 164 valence electrons. The van der Waals surface area contributed by atoms with Crippen molar-refractivity contribution in [3.05, 3.63) is 119 Å². The number of carbonyl (C=O) groups is 3. The lowest BCUT2D eigenvalue weighted by molar-refractivity contribution is -0.144. The summed E-state index contributed by atoms with van der Waals surface area (Å²) in [6, 6.07) is 27.9. The summed E-state index contributed by atoms with van der Waals surface area (Å²) in [6.45, 7) is 0. The Balaban J connectivity index is 1.86. The Hall–Kier alpha value is -3.99. The van der Waals surface area contributed by atoms with Crippen LogP contribution in [-0.4, -0.2) is 31.9 Å².